The van der Waals surface area contributed by atoms with Crippen LogP contribution >= 0.6 is 23.1 Å². The normalized spacial score (nSPS) is 16.7. The highest BCUT2D eigenvalue weighted by molar-refractivity contribution is 8.01. The first-order valence-electron chi connectivity index (χ1n) is 9.19. The molecule has 1 aromatic heterocycles. The molecule has 4 rings (SSSR count). The lowest BCUT2D eigenvalue weighted by atomic mass is 10.0. The summed E-state index contributed by atoms with van der Waals surface area (Å²) in [6, 6.07) is 6.83. The van der Waals surface area contributed by atoms with Gasteiger partial charge in [-0.25, -0.2) is 4.39 Å². The third-order valence-electron chi connectivity index (χ3n) is 4.60. The first-order valence-corrected chi connectivity index (χ1v) is 11.0. The van der Waals surface area contributed by atoms with E-state index in [1.165, 1.54) is 41.3 Å². The number of hydrogen-bond acceptors (Lipinski definition) is 6. The summed E-state index contributed by atoms with van der Waals surface area (Å²) in [7, 11) is 0. The summed E-state index contributed by atoms with van der Waals surface area (Å²) in [6.45, 7) is 0. The van der Waals surface area contributed by atoms with Crippen molar-refractivity contribution in [1.82, 2.24) is 15.1 Å². The van der Waals surface area contributed by atoms with Gasteiger partial charge in [-0.15, -0.1) is 10.2 Å². The second-order valence-electron chi connectivity index (χ2n) is 6.70. The predicted octanol–water partition coefficient (Wildman–Crippen LogP) is 4.96. The summed E-state index contributed by atoms with van der Waals surface area (Å²) in [5.74, 6) is 0.162. The lowest BCUT2D eigenvalue weighted by Gasteiger charge is -2.27. The van der Waals surface area contributed by atoms with Crippen LogP contribution in [0.15, 0.2) is 40.4 Å². The van der Waals surface area contributed by atoms with E-state index in [0.29, 0.717) is 27.0 Å². The van der Waals surface area contributed by atoms with E-state index in [1.807, 2.05) is 4.90 Å². The number of aromatic nitrogens is 2. The fourth-order valence-corrected chi connectivity index (χ4v) is 4.78. The van der Waals surface area contributed by atoms with Gasteiger partial charge in [0.1, 0.15) is 5.82 Å². The van der Waals surface area contributed by atoms with E-state index < -0.39 is 0 Å². The zero-order valence-electron chi connectivity index (χ0n) is 14.9. The van der Waals surface area contributed by atoms with Gasteiger partial charge in [0.15, 0.2) is 4.34 Å². The molecule has 1 aromatic carbocycles. The molecule has 0 radical (unpaired) electrons. The molecular weight excluding hydrogens is 383 g/mol. The topological polar surface area (TPSA) is 58.1 Å². The van der Waals surface area contributed by atoms with Crippen molar-refractivity contribution in [1.29, 1.82) is 0 Å². The molecule has 2 aromatic rings. The lowest BCUT2D eigenvalue weighted by molar-refractivity contribution is -0.127. The van der Waals surface area contributed by atoms with Crippen molar-refractivity contribution in [2.75, 3.05) is 11.1 Å². The number of carbonyl (C=O) groups is 1. The molecule has 142 valence electrons. The van der Waals surface area contributed by atoms with Gasteiger partial charge < -0.3 is 10.2 Å². The number of amides is 1. The zero-order valence-corrected chi connectivity index (χ0v) is 16.5. The minimum absolute atomic E-state index is 0.148. The number of nitrogens with zero attached hydrogens (tertiary/aromatic N) is 3. The van der Waals surface area contributed by atoms with Crippen molar-refractivity contribution in [2.24, 2.45) is 0 Å². The Balaban J connectivity index is 1.35. The number of hydrogen-bond donors (Lipinski definition) is 1. The Hall–Kier alpha value is -1.93. The lowest BCUT2D eigenvalue weighted by Crippen LogP contribution is -2.34. The summed E-state index contributed by atoms with van der Waals surface area (Å²) < 4.78 is 14.4. The van der Waals surface area contributed by atoms with Gasteiger partial charge >= 0.3 is 0 Å². The maximum atomic E-state index is 13.7. The molecule has 0 spiro atoms. The van der Waals surface area contributed by atoms with Crippen molar-refractivity contribution < 1.29 is 9.18 Å². The van der Waals surface area contributed by atoms with Gasteiger partial charge in [0.05, 0.1) is 11.4 Å². The van der Waals surface area contributed by atoms with Crippen LogP contribution in [-0.4, -0.2) is 32.8 Å². The Morgan fingerprint density at radius 1 is 1.30 bits per heavy atom. The van der Waals surface area contributed by atoms with Gasteiger partial charge in [0, 0.05) is 11.7 Å². The number of para-hydroxylation sites is 1. The number of anilines is 2. The largest absolute Gasteiger partial charge is 0.328 e. The van der Waals surface area contributed by atoms with Crippen molar-refractivity contribution in [3.63, 3.8) is 0 Å². The highest BCUT2D eigenvalue weighted by Gasteiger charge is 2.35. The molecule has 2 aliphatic rings. The molecule has 0 bridgehead atoms. The second kappa shape index (κ2) is 8.39. The van der Waals surface area contributed by atoms with E-state index >= 15 is 0 Å². The number of thioether (sulfide) groups is 1. The van der Waals surface area contributed by atoms with Crippen molar-refractivity contribution >= 4 is 39.8 Å². The van der Waals surface area contributed by atoms with Crippen LogP contribution in [0.5, 0.6) is 0 Å². The van der Waals surface area contributed by atoms with Crippen LogP contribution in [0.3, 0.4) is 0 Å². The molecule has 1 amide bonds. The van der Waals surface area contributed by atoms with E-state index in [-0.39, 0.29) is 11.7 Å². The summed E-state index contributed by atoms with van der Waals surface area (Å²) in [5, 5.41) is 11.6. The van der Waals surface area contributed by atoms with E-state index in [2.05, 4.69) is 21.6 Å². The molecule has 1 saturated carbocycles. The summed E-state index contributed by atoms with van der Waals surface area (Å²) in [4.78, 5) is 14.8. The minimum Gasteiger partial charge on any atom is -0.328 e. The molecule has 0 unspecified atom stereocenters. The van der Waals surface area contributed by atoms with Crippen LogP contribution in [0.1, 0.15) is 38.5 Å². The third-order valence-corrected chi connectivity index (χ3v) is 6.55. The van der Waals surface area contributed by atoms with Gasteiger partial charge in [-0.05, 0) is 50.7 Å². The molecule has 2 aliphatic carbocycles. The van der Waals surface area contributed by atoms with E-state index in [1.54, 1.807) is 18.2 Å². The average molecular weight is 405 g/mol. The van der Waals surface area contributed by atoms with Crippen molar-refractivity contribution in [3.05, 3.63) is 41.9 Å². The second-order valence-corrected chi connectivity index (χ2v) is 8.90. The van der Waals surface area contributed by atoms with Gasteiger partial charge in [-0.3, -0.25) is 4.79 Å². The van der Waals surface area contributed by atoms with Crippen molar-refractivity contribution in [2.45, 2.75) is 48.9 Å². The molecule has 0 atom stereocenters. The third kappa shape index (κ3) is 4.68. The van der Waals surface area contributed by atoms with Crippen LogP contribution in [0.4, 0.5) is 15.2 Å². The Morgan fingerprint density at radius 2 is 2.15 bits per heavy atom. The quantitative estimate of drug-likeness (QED) is 0.661. The molecule has 0 saturated heterocycles. The van der Waals surface area contributed by atoms with Crippen LogP contribution in [0.25, 0.3) is 0 Å². The number of carbonyl (C=O) groups excluding carboxylic acids is 1. The predicted molar refractivity (Wildman–Crippen MR) is 107 cm³/mol. The summed E-state index contributed by atoms with van der Waals surface area (Å²) in [6.07, 6.45) is 8.88. The SMILES string of the molecule is O=C(CSc1nnc(Nc2ccccc2F)s1)N(C1=CCCCC1)C1CC1. The Kier molecular flexibility index (Phi) is 5.73. The number of benzene rings is 1. The fourth-order valence-electron chi connectivity index (χ4n) is 3.16. The highest BCUT2D eigenvalue weighted by Crippen LogP contribution is 2.35. The van der Waals surface area contributed by atoms with E-state index in [0.717, 1.165) is 32.1 Å². The Labute approximate surface area is 166 Å². The van der Waals surface area contributed by atoms with Crippen LogP contribution in [0, 0.1) is 5.82 Å². The van der Waals surface area contributed by atoms with Crippen LogP contribution < -0.4 is 5.32 Å². The van der Waals surface area contributed by atoms with Gasteiger partial charge in [0.2, 0.25) is 11.0 Å². The zero-order chi connectivity index (χ0) is 18.6. The molecule has 1 fully saturated rings. The summed E-state index contributed by atoms with van der Waals surface area (Å²) in [5.41, 5.74) is 1.57. The standard InChI is InChI=1S/C19H21FN4OS2/c20-15-8-4-5-9-16(15)21-18-22-23-19(27-18)26-12-17(25)24(14-10-11-14)13-6-2-1-3-7-13/h4-6,8-9,14H,1-3,7,10-12H2,(H,21,22). The molecular formula is C19H21FN4OS2. The Bertz CT molecular complexity index is 850. The number of rotatable bonds is 7. The maximum absolute atomic E-state index is 13.7. The van der Waals surface area contributed by atoms with Gasteiger partial charge in [-0.2, -0.15) is 0 Å². The van der Waals surface area contributed by atoms with E-state index in [4.69, 9.17) is 0 Å². The highest BCUT2D eigenvalue weighted by atomic mass is 32.2. The minimum atomic E-state index is -0.335. The van der Waals surface area contributed by atoms with Gasteiger partial charge in [0.25, 0.3) is 0 Å². The van der Waals surface area contributed by atoms with Crippen LogP contribution in [-0.2, 0) is 4.79 Å². The molecule has 1 heterocycles. The first-order chi connectivity index (χ1) is 13.2. The average Bonchev–Trinajstić information content (AvgIpc) is 3.41. The van der Waals surface area contributed by atoms with Crippen LogP contribution in [0.2, 0.25) is 0 Å². The molecule has 27 heavy (non-hydrogen) atoms. The fraction of sp³-hybridized carbons (Fsp3) is 0.421. The molecule has 8 heteroatoms. The van der Waals surface area contributed by atoms with Gasteiger partial charge in [-0.1, -0.05) is 41.3 Å². The first kappa shape index (κ1) is 18.4. The van der Waals surface area contributed by atoms with E-state index in [9.17, 15) is 9.18 Å². The number of nitrogens with one attached hydrogen (secondary N) is 1. The molecule has 1 N–H and O–H groups in total. The number of allylic oxidation sites excluding steroid dienone is 2. The monoisotopic (exact) mass is 404 g/mol. The molecule has 5 nitrogen and oxygen atoms in total. The van der Waals surface area contributed by atoms with Crippen molar-refractivity contribution in [3.8, 4) is 0 Å². The molecule has 0 aliphatic heterocycles. The maximum Gasteiger partial charge on any atom is 0.237 e. The summed E-state index contributed by atoms with van der Waals surface area (Å²) >= 11 is 2.72. The Morgan fingerprint density at radius 3 is 2.89 bits per heavy atom. The smallest absolute Gasteiger partial charge is 0.237 e. The number of halogens is 1.